The number of hydrogen-bond acceptors (Lipinski definition) is 5. The summed E-state index contributed by atoms with van der Waals surface area (Å²) in [5.41, 5.74) is 0.397. The SMILES string of the molecule is CCC(CC)N(CCOC)c1nccc(C#N)n1. The van der Waals surface area contributed by atoms with Crippen molar-refractivity contribution in [2.45, 2.75) is 32.7 Å². The van der Waals surface area contributed by atoms with Crippen molar-refractivity contribution in [3.8, 4) is 6.07 Å². The van der Waals surface area contributed by atoms with Crippen molar-refractivity contribution >= 4 is 5.95 Å². The molecule has 5 heteroatoms. The number of anilines is 1. The number of nitrogens with zero attached hydrogens (tertiary/aromatic N) is 4. The van der Waals surface area contributed by atoms with Crippen molar-refractivity contribution in [1.82, 2.24) is 9.97 Å². The van der Waals surface area contributed by atoms with Gasteiger partial charge in [0.15, 0.2) is 0 Å². The molecule has 1 aromatic rings. The van der Waals surface area contributed by atoms with E-state index in [2.05, 4.69) is 28.7 Å². The molecule has 0 spiro atoms. The molecule has 0 aliphatic carbocycles. The van der Waals surface area contributed by atoms with Gasteiger partial charge in [-0.15, -0.1) is 0 Å². The molecule has 5 nitrogen and oxygen atoms in total. The van der Waals surface area contributed by atoms with Crippen LogP contribution in [0, 0.1) is 11.3 Å². The predicted octanol–water partition coefficient (Wildman–Crippen LogP) is 1.99. The van der Waals surface area contributed by atoms with E-state index in [9.17, 15) is 0 Å². The summed E-state index contributed by atoms with van der Waals surface area (Å²) in [5.74, 6) is 0.611. The van der Waals surface area contributed by atoms with Crippen LogP contribution < -0.4 is 4.90 Å². The van der Waals surface area contributed by atoms with Crippen LogP contribution in [-0.4, -0.2) is 36.3 Å². The van der Waals surface area contributed by atoms with Crippen LogP contribution >= 0.6 is 0 Å². The largest absolute Gasteiger partial charge is 0.383 e. The van der Waals surface area contributed by atoms with E-state index in [1.807, 2.05) is 6.07 Å². The Labute approximate surface area is 108 Å². The highest BCUT2D eigenvalue weighted by atomic mass is 16.5. The molecular weight excluding hydrogens is 228 g/mol. The van der Waals surface area contributed by atoms with E-state index in [4.69, 9.17) is 10.00 Å². The van der Waals surface area contributed by atoms with Crippen molar-refractivity contribution in [3.63, 3.8) is 0 Å². The zero-order valence-corrected chi connectivity index (χ0v) is 11.3. The monoisotopic (exact) mass is 248 g/mol. The molecule has 0 N–H and O–H groups in total. The van der Waals surface area contributed by atoms with Gasteiger partial charge in [0.05, 0.1) is 6.61 Å². The molecule has 0 saturated carbocycles. The molecule has 0 aromatic carbocycles. The Morgan fingerprint density at radius 2 is 2.17 bits per heavy atom. The summed E-state index contributed by atoms with van der Waals surface area (Å²) in [6.45, 7) is 5.64. The molecule has 0 amide bonds. The number of rotatable bonds is 7. The first-order valence-corrected chi connectivity index (χ1v) is 6.25. The molecule has 1 rings (SSSR count). The van der Waals surface area contributed by atoms with Crippen LogP contribution in [0.15, 0.2) is 12.3 Å². The van der Waals surface area contributed by atoms with Gasteiger partial charge in [0.25, 0.3) is 0 Å². The maximum atomic E-state index is 8.89. The van der Waals surface area contributed by atoms with Crippen molar-refractivity contribution in [1.29, 1.82) is 5.26 Å². The van der Waals surface area contributed by atoms with E-state index < -0.39 is 0 Å². The fourth-order valence-electron chi connectivity index (χ4n) is 1.91. The van der Waals surface area contributed by atoms with Crippen molar-refractivity contribution < 1.29 is 4.74 Å². The molecule has 1 aromatic heterocycles. The van der Waals surface area contributed by atoms with Gasteiger partial charge >= 0.3 is 0 Å². The summed E-state index contributed by atoms with van der Waals surface area (Å²) in [5, 5.41) is 8.89. The van der Waals surface area contributed by atoms with E-state index in [1.54, 1.807) is 19.4 Å². The highest BCUT2D eigenvalue weighted by Crippen LogP contribution is 2.15. The number of methoxy groups -OCH3 is 1. The van der Waals surface area contributed by atoms with Crippen LogP contribution in [0.25, 0.3) is 0 Å². The second-order valence-corrected chi connectivity index (χ2v) is 4.01. The quantitative estimate of drug-likeness (QED) is 0.738. The van der Waals surface area contributed by atoms with E-state index in [0.29, 0.717) is 24.3 Å². The minimum Gasteiger partial charge on any atom is -0.383 e. The Kier molecular flexibility index (Phi) is 6.09. The topological polar surface area (TPSA) is 62.0 Å². The molecule has 18 heavy (non-hydrogen) atoms. The Balaban J connectivity index is 2.96. The van der Waals surface area contributed by atoms with E-state index >= 15 is 0 Å². The lowest BCUT2D eigenvalue weighted by Gasteiger charge is -2.30. The number of aromatic nitrogens is 2. The lowest BCUT2D eigenvalue weighted by molar-refractivity contribution is 0.202. The average molecular weight is 248 g/mol. The minimum absolute atomic E-state index is 0.370. The lowest BCUT2D eigenvalue weighted by atomic mass is 10.1. The van der Waals surface area contributed by atoms with Crippen molar-refractivity contribution in [3.05, 3.63) is 18.0 Å². The second-order valence-electron chi connectivity index (χ2n) is 4.01. The third-order valence-electron chi connectivity index (χ3n) is 2.93. The first-order chi connectivity index (χ1) is 8.76. The molecule has 0 aliphatic heterocycles. The van der Waals surface area contributed by atoms with Gasteiger partial charge in [0.2, 0.25) is 5.95 Å². The van der Waals surface area contributed by atoms with Gasteiger partial charge in [-0.3, -0.25) is 0 Å². The maximum Gasteiger partial charge on any atom is 0.226 e. The van der Waals surface area contributed by atoms with Gasteiger partial charge in [0.1, 0.15) is 11.8 Å². The van der Waals surface area contributed by atoms with Gasteiger partial charge in [-0.2, -0.15) is 5.26 Å². The lowest BCUT2D eigenvalue weighted by Crippen LogP contribution is -2.38. The Hall–Kier alpha value is -1.67. The van der Waals surface area contributed by atoms with E-state index in [-0.39, 0.29) is 0 Å². The Bertz CT molecular complexity index is 398. The summed E-state index contributed by atoms with van der Waals surface area (Å²) >= 11 is 0. The summed E-state index contributed by atoms with van der Waals surface area (Å²) in [4.78, 5) is 10.6. The Morgan fingerprint density at radius 1 is 1.44 bits per heavy atom. The van der Waals surface area contributed by atoms with Crippen LogP contribution in [0.5, 0.6) is 0 Å². The maximum absolute atomic E-state index is 8.89. The van der Waals surface area contributed by atoms with Crippen LogP contribution in [0.4, 0.5) is 5.95 Å². The van der Waals surface area contributed by atoms with Crippen LogP contribution in [0.3, 0.4) is 0 Å². The predicted molar refractivity (Wildman–Crippen MR) is 70.3 cm³/mol. The van der Waals surface area contributed by atoms with Gasteiger partial charge < -0.3 is 9.64 Å². The molecule has 0 saturated heterocycles. The summed E-state index contributed by atoms with van der Waals surface area (Å²) < 4.78 is 5.13. The standard InChI is InChI=1S/C13H20N4O/c1-4-12(5-2)17(8-9-18-3)13-15-7-6-11(10-14)16-13/h6-7,12H,4-5,8-9H2,1-3H3. The van der Waals surface area contributed by atoms with Gasteiger partial charge in [-0.25, -0.2) is 9.97 Å². The highest BCUT2D eigenvalue weighted by Gasteiger charge is 2.18. The summed E-state index contributed by atoms with van der Waals surface area (Å²) in [6.07, 6.45) is 3.66. The van der Waals surface area contributed by atoms with E-state index in [0.717, 1.165) is 19.4 Å². The number of ether oxygens (including phenoxy) is 1. The molecular formula is C13H20N4O. The molecule has 0 aliphatic rings. The first-order valence-electron chi connectivity index (χ1n) is 6.25. The smallest absolute Gasteiger partial charge is 0.226 e. The van der Waals surface area contributed by atoms with Gasteiger partial charge in [0, 0.05) is 25.9 Å². The van der Waals surface area contributed by atoms with Crippen molar-refractivity contribution in [2.75, 3.05) is 25.2 Å². The summed E-state index contributed by atoms with van der Waals surface area (Å²) in [6, 6.07) is 4.03. The van der Waals surface area contributed by atoms with Crippen LogP contribution in [0.2, 0.25) is 0 Å². The summed E-state index contributed by atoms with van der Waals surface area (Å²) in [7, 11) is 1.68. The number of nitriles is 1. The third-order valence-corrected chi connectivity index (χ3v) is 2.93. The molecule has 0 bridgehead atoms. The second kappa shape index (κ2) is 7.62. The average Bonchev–Trinajstić information content (AvgIpc) is 2.43. The fourth-order valence-corrected chi connectivity index (χ4v) is 1.91. The van der Waals surface area contributed by atoms with Gasteiger partial charge in [-0.1, -0.05) is 13.8 Å². The van der Waals surface area contributed by atoms with Crippen LogP contribution in [-0.2, 0) is 4.74 Å². The molecule has 0 unspecified atom stereocenters. The van der Waals surface area contributed by atoms with E-state index in [1.165, 1.54) is 0 Å². The minimum atomic E-state index is 0.370. The zero-order valence-electron chi connectivity index (χ0n) is 11.3. The molecule has 98 valence electrons. The Morgan fingerprint density at radius 3 is 2.72 bits per heavy atom. The third kappa shape index (κ3) is 3.67. The molecule has 0 atom stereocenters. The molecule has 0 fully saturated rings. The highest BCUT2D eigenvalue weighted by molar-refractivity contribution is 5.35. The normalized spacial score (nSPS) is 10.4. The van der Waals surface area contributed by atoms with Crippen molar-refractivity contribution in [2.24, 2.45) is 0 Å². The zero-order chi connectivity index (χ0) is 13.4. The molecule has 0 radical (unpaired) electrons. The molecule has 1 heterocycles. The number of hydrogen-bond donors (Lipinski definition) is 0. The first kappa shape index (κ1) is 14.4. The van der Waals surface area contributed by atoms with Gasteiger partial charge in [-0.05, 0) is 18.9 Å². The fraction of sp³-hybridized carbons (Fsp3) is 0.615. The van der Waals surface area contributed by atoms with Crippen LogP contribution in [0.1, 0.15) is 32.4 Å².